The maximum atomic E-state index is 11.8. The van der Waals surface area contributed by atoms with E-state index in [2.05, 4.69) is 26.1 Å². The first-order chi connectivity index (χ1) is 8.52. The van der Waals surface area contributed by atoms with E-state index in [1.54, 1.807) is 0 Å². The molecule has 3 nitrogen and oxygen atoms in total. The van der Waals surface area contributed by atoms with Crippen molar-refractivity contribution < 1.29 is 4.79 Å². The monoisotopic (exact) mass is 248 g/mol. The largest absolute Gasteiger partial charge is 0.399 e. The second kappa shape index (κ2) is 7.04. The van der Waals surface area contributed by atoms with Crippen molar-refractivity contribution in [3.63, 3.8) is 0 Å². The third-order valence-corrected chi connectivity index (χ3v) is 3.21. The second-order valence-corrected chi connectivity index (χ2v) is 5.07. The van der Waals surface area contributed by atoms with E-state index in [1.807, 2.05) is 24.3 Å². The number of carbonyl (C=O) groups is 1. The van der Waals surface area contributed by atoms with E-state index in [9.17, 15) is 4.79 Å². The van der Waals surface area contributed by atoms with E-state index in [1.165, 1.54) is 0 Å². The molecule has 3 N–H and O–H groups in total. The minimum absolute atomic E-state index is 0.132. The predicted octanol–water partition coefficient (Wildman–Crippen LogP) is 2.75. The molecule has 1 amide bonds. The van der Waals surface area contributed by atoms with E-state index >= 15 is 0 Å². The average molecular weight is 248 g/mol. The fraction of sp³-hybridized carbons (Fsp3) is 0.533. The number of nitrogens with one attached hydrogen (secondary N) is 1. The Bertz CT molecular complexity index is 371. The molecule has 0 aliphatic rings. The Kier molecular flexibility index (Phi) is 5.69. The van der Waals surface area contributed by atoms with E-state index in [-0.39, 0.29) is 11.9 Å². The first-order valence-corrected chi connectivity index (χ1v) is 6.66. The average Bonchev–Trinajstić information content (AvgIpc) is 2.35. The van der Waals surface area contributed by atoms with Gasteiger partial charge in [-0.2, -0.15) is 0 Å². The molecule has 0 saturated heterocycles. The van der Waals surface area contributed by atoms with Crippen LogP contribution in [-0.4, -0.2) is 11.9 Å². The highest BCUT2D eigenvalue weighted by molar-refractivity contribution is 5.76. The van der Waals surface area contributed by atoms with Crippen LogP contribution in [0.25, 0.3) is 0 Å². The molecule has 0 radical (unpaired) electrons. The van der Waals surface area contributed by atoms with Crippen molar-refractivity contribution >= 4 is 11.6 Å². The number of anilines is 1. The van der Waals surface area contributed by atoms with Crippen LogP contribution in [0.1, 0.15) is 39.2 Å². The van der Waals surface area contributed by atoms with Gasteiger partial charge >= 0.3 is 0 Å². The maximum Gasteiger partial charge on any atom is 0.220 e. The predicted molar refractivity (Wildman–Crippen MR) is 76.2 cm³/mol. The summed E-state index contributed by atoms with van der Waals surface area (Å²) in [5.74, 6) is 0.614. The lowest BCUT2D eigenvalue weighted by molar-refractivity contribution is -0.122. The Morgan fingerprint density at radius 2 is 1.89 bits per heavy atom. The summed E-state index contributed by atoms with van der Waals surface area (Å²) in [6, 6.07) is 7.97. The number of aryl methyl sites for hydroxylation is 1. The summed E-state index contributed by atoms with van der Waals surface area (Å²) in [7, 11) is 0. The van der Waals surface area contributed by atoms with Crippen LogP contribution < -0.4 is 11.1 Å². The van der Waals surface area contributed by atoms with Gasteiger partial charge in [0.1, 0.15) is 0 Å². The molecule has 0 saturated carbocycles. The van der Waals surface area contributed by atoms with Gasteiger partial charge in [-0.3, -0.25) is 4.79 Å². The minimum Gasteiger partial charge on any atom is -0.399 e. The number of carbonyl (C=O) groups excluding carboxylic acids is 1. The maximum absolute atomic E-state index is 11.8. The molecule has 0 aliphatic heterocycles. The number of hydrogen-bond donors (Lipinski definition) is 2. The molecule has 0 bridgehead atoms. The van der Waals surface area contributed by atoms with Crippen molar-refractivity contribution in [3.8, 4) is 0 Å². The highest BCUT2D eigenvalue weighted by atomic mass is 16.1. The molecule has 0 spiro atoms. The third kappa shape index (κ3) is 4.78. The number of amides is 1. The lowest BCUT2D eigenvalue weighted by Crippen LogP contribution is -2.38. The van der Waals surface area contributed by atoms with Crippen LogP contribution in [0.2, 0.25) is 0 Å². The molecule has 0 aromatic heterocycles. The molecular weight excluding hydrogens is 224 g/mol. The van der Waals surface area contributed by atoms with Crippen molar-refractivity contribution in [2.24, 2.45) is 5.92 Å². The van der Waals surface area contributed by atoms with Gasteiger partial charge in [0.15, 0.2) is 0 Å². The normalized spacial score (nSPS) is 12.4. The standard InChI is InChI=1S/C15H24N2O/c1-4-14(11(2)3)17-15(18)10-7-12-5-8-13(16)9-6-12/h5-6,8-9,11,14H,4,7,10,16H2,1-3H3,(H,17,18). The van der Waals surface area contributed by atoms with Gasteiger partial charge in [0.05, 0.1) is 0 Å². The van der Waals surface area contributed by atoms with E-state index < -0.39 is 0 Å². The topological polar surface area (TPSA) is 55.1 Å². The van der Waals surface area contributed by atoms with Crippen molar-refractivity contribution in [2.75, 3.05) is 5.73 Å². The van der Waals surface area contributed by atoms with Crippen molar-refractivity contribution in [1.82, 2.24) is 5.32 Å². The van der Waals surface area contributed by atoms with E-state index in [4.69, 9.17) is 5.73 Å². The highest BCUT2D eigenvalue weighted by Crippen LogP contribution is 2.09. The molecule has 0 fully saturated rings. The van der Waals surface area contributed by atoms with E-state index in [0.29, 0.717) is 12.3 Å². The zero-order valence-electron chi connectivity index (χ0n) is 11.6. The van der Waals surface area contributed by atoms with Gasteiger partial charge in [0.25, 0.3) is 0 Å². The van der Waals surface area contributed by atoms with Crippen LogP contribution in [-0.2, 0) is 11.2 Å². The van der Waals surface area contributed by atoms with Crippen LogP contribution in [0.5, 0.6) is 0 Å². The number of nitrogen functional groups attached to an aromatic ring is 1. The molecule has 1 aromatic carbocycles. The van der Waals surface area contributed by atoms with Crippen LogP contribution in [0.4, 0.5) is 5.69 Å². The number of hydrogen-bond acceptors (Lipinski definition) is 2. The van der Waals surface area contributed by atoms with Gasteiger partial charge in [0, 0.05) is 18.2 Å². The third-order valence-electron chi connectivity index (χ3n) is 3.21. The van der Waals surface area contributed by atoms with Crippen molar-refractivity contribution in [1.29, 1.82) is 0 Å². The van der Waals surface area contributed by atoms with Crippen LogP contribution in [0.15, 0.2) is 24.3 Å². The molecule has 1 rings (SSSR count). The molecule has 3 heteroatoms. The molecular formula is C15H24N2O. The Morgan fingerprint density at radius 1 is 1.28 bits per heavy atom. The summed E-state index contributed by atoms with van der Waals surface area (Å²) < 4.78 is 0. The summed E-state index contributed by atoms with van der Waals surface area (Å²) >= 11 is 0. The second-order valence-electron chi connectivity index (χ2n) is 5.07. The van der Waals surface area contributed by atoms with Gasteiger partial charge in [-0.1, -0.05) is 32.9 Å². The van der Waals surface area contributed by atoms with Gasteiger partial charge in [0.2, 0.25) is 5.91 Å². The molecule has 1 unspecified atom stereocenters. The number of rotatable bonds is 6. The molecule has 0 aliphatic carbocycles. The highest BCUT2D eigenvalue weighted by Gasteiger charge is 2.13. The zero-order valence-corrected chi connectivity index (χ0v) is 11.6. The fourth-order valence-corrected chi connectivity index (χ4v) is 1.96. The van der Waals surface area contributed by atoms with Crippen molar-refractivity contribution in [3.05, 3.63) is 29.8 Å². The van der Waals surface area contributed by atoms with Crippen LogP contribution in [0.3, 0.4) is 0 Å². The summed E-state index contributed by atoms with van der Waals surface area (Å²) in [6.45, 7) is 6.37. The fourth-order valence-electron chi connectivity index (χ4n) is 1.96. The molecule has 100 valence electrons. The molecule has 1 atom stereocenters. The van der Waals surface area contributed by atoms with Crippen LogP contribution >= 0.6 is 0 Å². The summed E-state index contributed by atoms with van der Waals surface area (Å²) in [4.78, 5) is 11.8. The zero-order chi connectivity index (χ0) is 13.5. The minimum atomic E-state index is 0.132. The first kappa shape index (κ1) is 14.6. The Balaban J connectivity index is 2.39. The lowest BCUT2D eigenvalue weighted by Gasteiger charge is -2.20. The van der Waals surface area contributed by atoms with Gasteiger partial charge in [-0.25, -0.2) is 0 Å². The Hall–Kier alpha value is -1.51. The van der Waals surface area contributed by atoms with Gasteiger partial charge in [-0.05, 0) is 36.5 Å². The van der Waals surface area contributed by atoms with Crippen molar-refractivity contribution in [2.45, 2.75) is 46.1 Å². The van der Waals surface area contributed by atoms with Crippen LogP contribution in [0, 0.1) is 5.92 Å². The molecule has 0 heterocycles. The summed E-state index contributed by atoms with van der Waals surface area (Å²) in [5.41, 5.74) is 7.53. The van der Waals surface area contributed by atoms with Gasteiger partial charge in [-0.15, -0.1) is 0 Å². The van der Waals surface area contributed by atoms with E-state index in [0.717, 1.165) is 24.1 Å². The summed E-state index contributed by atoms with van der Waals surface area (Å²) in [6.07, 6.45) is 2.28. The smallest absolute Gasteiger partial charge is 0.220 e. The quantitative estimate of drug-likeness (QED) is 0.761. The first-order valence-electron chi connectivity index (χ1n) is 6.66. The van der Waals surface area contributed by atoms with Gasteiger partial charge < -0.3 is 11.1 Å². The Labute approximate surface area is 110 Å². The summed E-state index contributed by atoms with van der Waals surface area (Å²) in [5, 5.41) is 3.08. The Morgan fingerprint density at radius 3 is 2.39 bits per heavy atom. The SMILES string of the molecule is CCC(NC(=O)CCc1ccc(N)cc1)C(C)C. The molecule has 18 heavy (non-hydrogen) atoms. The lowest BCUT2D eigenvalue weighted by atomic mass is 10.0. The number of benzene rings is 1. The molecule has 1 aromatic rings. The number of nitrogens with two attached hydrogens (primary N) is 1.